The van der Waals surface area contributed by atoms with E-state index in [1.807, 2.05) is 30.3 Å². The Hall–Kier alpha value is -2.86. The number of benzene rings is 2. The highest BCUT2D eigenvalue weighted by Gasteiger charge is 2.18. The molecule has 0 bridgehead atoms. The number of hydrogen-bond acceptors (Lipinski definition) is 6. The van der Waals surface area contributed by atoms with Gasteiger partial charge in [-0.3, -0.25) is 4.90 Å². The Morgan fingerprint density at radius 2 is 1.75 bits per heavy atom. The van der Waals surface area contributed by atoms with Crippen molar-refractivity contribution in [3.05, 3.63) is 59.7 Å². The molecule has 0 radical (unpaired) electrons. The normalized spacial score (nSPS) is 15.0. The molecular weight excluding hydrogens is 350 g/mol. The topological polar surface area (TPSA) is 57.4 Å². The van der Waals surface area contributed by atoms with Crippen LogP contribution in [-0.4, -0.2) is 54.3 Å². The van der Waals surface area contributed by atoms with Crippen molar-refractivity contribution in [3.63, 3.8) is 0 Å². The van der Waals surface area contributed by atoms with Crippen LogP contribution in [0.2, 0.25) is 0 Å². The number of rotatable bonds is 6. The van der Waals surface area contributed by atoms with Crippen LogP contribution in [0, 0.1) is 13.8 Å². The summed E-state index contributed by atoms with van der Waals surface area (Å²) in [6.07, 6.45) is 0. The monoisotopic (exact) mass is 377 g/mol. The second-order valence-electron chi connectivity index (χ2n) is 7.26. The lowest BCUT2D eigenvalue weighted by atomic mass is 10.1. The van der Waals surface area contributed by atoms with Crippen molar-refractivity contribution in [1.82, 2.24) is 15.0 Å². The number of hydrogen-bond donors (Lipinski definition) is 1. The molecule has 0 atom stereocenters. The lowest BCUT2D eigenvalue weighted by molar-refractivity contribution is 0.266. The number of aromatic nitrogens is 2. The van der Waals surface area contributed by atoms with E-state index in [0.717, 1.165) is 44.8 Å². The SMILES string of the molecule is Cc1cccc(N2CCN(CCNc3nc(-c4ccccc4)no3)CC2)c1C. The fourth-order valence-electron chi connectivity index (χ4n) is 3.61. The van der Waals surface area contributed by atoms with Gasteiger partial charge >= 0.3 is 6.01 Å². The minimum atomic E-state index is 0.480. The van der Waals surface area contributed by atoms with Crippen LogP contribution in [-0.2, 0) is 0 Å². The molecule has 1 aliphatic heterocycles. The van der Waals surface area contributed by atoms with Crippen LogP contribution in [0.5, 0.6) is 0 Å². The van der Waals surface area contributed by atoms with Crippen LogP contribution in [0.3, 0.4) is 0 Å². The highest BCUT2D eigenvalue weighted by molar-refractivity contribution is 5.56. The molecule has 28 heavy (non-hydrogen) atoms. The summed E-state index contributed by atoms with van der Waals surface area (Å²) >= 11 is 0. The molecule has 1 fully saturated rings. The summed E-state index contributed by atoms with van der Waals surface area (Å²) in [6, 6.07) is 16.9. The molecule has 1 N–H and O–H groups in total. The second-order valence-corrected chi connectivity index (χ2v) is 7.26. The van der Waals surface area contributed by atoms with Crippen LogP contribution in [0.1, 0.15) is 11.1 Å². The van der Waals surface area contributed by atoms with Gasteiger partial charge in [0.1, 0.15) is 0 Å². The van der Waals surface area contributed by atoms with Crippen LogP contribution < -0.4 is 10.2 Å². The molecule has 2 heterocycles. The van der Waals surface area contributed by atoms with E-state index in [-0.39, 0.29) is 0 Å². The third-order valence-corrected chi connectivity index (χ3v) is 5.45. The minimum absolute atomic E-state index is 0.480. The summed E-state index contributed by atoms with van der Waals surface area (Å²) < 4.78 is 5.31. The van der Waals surface area contributed by atoms with E-state index < -0.39 is 0 Å². The van der Waals surface area contributed by atoms with E-state index in [1.165, 1.54) is 16.8 Å². The van der Waals surface area contributed by atoms with E-state index in [0.29, 0.717) is 11.8 Å². The summed E-state index contributed by atoms with van der Waals surface area (Å²) in [5, 5.41) is 7.29. The molecule has 3 aromatic rings. The molecule has 1 aromatic heterocycles. The van der Waals surface area contributed by atoms with Gasteiger partial charge in [-0.1, -0.05) is 47.6 Å². The van der Waals surface area contributed by atoms with Crippen molar-refractivity contribution in [3.8, 4) is 11.4 Å². The zero-order valence-electron chi connectivity index (χ0n) is 16.6. The minimum Gasteiger partial charge on any atom is -0.369 e. The van der Waals surface area contributed by atoms with Gasteiger partial charge in [0, 0.05) is 50.5 Å². The van der Waals surface area contributed by atoms with E-state index in [4.69, 9.17) is 4.52 Å². The van der Waals surface area contributed by atoms with Crippen molar-refractivity contribution in [1.29, 1.82) is 0 Å². The van der Waals surface area contributed by atoms with Gasteiger partial charge in [-0.05, 0) is 31.0 Å². The molecule has 1 saturated heterocycles. The molecule has 0 amide bonds. The van der Waals surface area contributed by atoms with Crippen LogP contribution >= 0.6 is 0 Å². The van der Waals surface area contributed by atoms with E-state index in [2.05, 4.69) is 57.3 Å². The summed E-state index contributed by atoms with van der Waals surface area (Å²) in [5.74, 6) is 0.616. The van der Waals surface area contributed by atoms with Crippen molar-refractivity contribution in [2.75, 3.05) is 49.5 Å². The molecule has 0 spiro atoms. The highest BCUT2D eigenvalue weighted by Crippen LogP contribution is 2.23. The molecule has 6 heteroatoms. The number of aryl methyl sites for hydroxylation is 1. The summed E-state index contributed by atoms with van der Waals surface area (Å²) in [7, 11) is 0. The van der Waals surface area contributed by atoms with Gasteiger partial charge in [-0.2, -0.15) is 4.98 Å². The van der Waals surface area contributed by atoms with E-state index >= 15 is 0 Å². The van der Waals surface area contributed by atoms with Gasteiger partial charge in [0.2, 0.25) is 5.82 Å². The Balaban J connectivity index is 1.24. The Kier molecular flexibility index (Phi) is 5.58. The van der Waals surface area contributed by atoms with Crippen molar-refractivity contribution in [2.45, 2.75) is 13.8 Å². The van der Waals surface area contributed by atoms with Gasteiger partial charge in [-0.15, -0.1) is 0 Å². The Morgan fingerprint density at radius 3 is 2.54 bits per heavy atom. The largest absolute Gasteiger partial charge is 0.369 e. The lowest BCUT2D eigenvalue weighted by Gasteiger charge is -2.37. The summed E-state index contributed by atoms with van der Waals surface area (Å²) in [5.41, 5.74) is 5.08. The Morgan fingerprint density at radius 1 is 0.964 bits per heavy atom. The predicted molar refractivity (Wildman–Crippen MR) is 113 cm³/mol. The van der Waals surface area contributed by atoms with Crippen LogP contribution in [0.25, 0.3) is 11.4 Å². The maximum atomic E-state index is 5.31. The third-order valence-electron chi connectivity index (χ3n) is 5.45. The van der Waals surface area contributed by atoms with Crippen LogP contribution in [0.15, 0.2) is 53.1 Å². The fourth-order valence-corrected chi connectivity index (χ4v) is 3.61. The standard InChI is InChI=1S/C22H27N5O/c1-17-7-6-10-20(18(17)2)27-15-13-26(14-16-27)12-11-23-22-24-21(25-28-22)19-8-4-3-5-9-19/h3-10H,11-16H2,1-2H3,(H,23,24,25). The average molecular weight is 377 g/mol. The average Bonchev–Trinajstić information content (AvgIpc) is 3.20. The Bertz CT molecular complexity index is 900. The first kappa shape index (κ1) is 18.5. The van der Waals surface area contributed by atoms with E-state index in [9.17, 15) is 0 Å². The molecule has 6 nitrogen and oxygen atoms in total. The highest BCUT2D eigenvalue weighted by atomic mass is 16.5. The molecule has 1 aliphatic rings. The predicted octanol–water partition coefficient (Wildman–Crippen LogP) is 3.59. The molecule has 2 aromatic carbocycles. The van der Waals surface area contributed by atoms with Gasteiger partial charge < -0.3 is 14.7 Å². The summed E-state index contributed by atoms with van der Waals surface area (Å²) in [6.45, 7) is 10.4. The molecule has 0 aliphatic carbocycles. The number of nitrogens with zero attached hydrogens (tertiary/aromatic N) is 4. The number of nitrogens with one attached hydrogen (secondary N) is 1. The molecule has 146 valence electrons. The zero-order valence-corrected chi connectivity index (χ0v) is 16.6. The third kappa shape index (κ3) is 4.17. The van der Waals surface area contributed by atoms with Gasteiger partial charge in [0.15, 0.2) is 0 Å². The number of piperazine rings is 1. The maximum absolute atomic E-state index is 5.31. The smallest absolute Gasteiger partial charge is 0.321 e. The second kappa shape index (κ2) is 8.44. The van der Waals surface area contributed by atoms with Gasteiger partial charge in [-0.25, -0.2) is 0 Å². The Labute approximate surface area is 166 Å². The zero-order chi connectivity index (χ0) is 19.3. The van der Waals surface area contributed by atoms with Gasteiger partial charge in [0.05, 0.1) is 0 Å². The fraction of sp³-hybridized carbons (Fsp3) is 0.364. The van der Waals surface area contributed by atoms with Crippen molar-refractivity contribution >= 4 is 11.7 Å². The summed E-state index contributed by atoms with van der Waals surface area (Å²) in [4.78, 5) is 9.39. The molecule has 0 unspecified atom stereocenters. The first-order valence-corrected chi connectivity index (χ1v) is 9.87. The van der Waals surface area contributed by atoms with Crippen molar-refractivity contribution in [2.24, 2.45) is 0 Å². The quantitative estimate of drug-likeness (QED) is 0.708. The first-order valence-electron chi connectivity index (χ1n) is 9.87. The number of anilines is 2. The maximum Gasteiger partial charge on any atom is 0.321 e. The molecule has 4 rings (SSSR count). The lowest BCUT2D eigenvalue weighted by Crippen LogP contribution is -2.47. The van der Waals surface area contributed by atoms with Gasteiger partial charge in [0.25, 0.3) is 0 Å². The first-order chi connectivity index (χ1) is 13.7. The molecular formula is C22H27N5O. The van der Waals surface area contributed by atoms with Crippen LogP contribution in [0.4, 0.5) is 11.7 Å². The van der Waals surface area contributed by atoms with Crippen molar-refractivity contribution < 1.29 is 4.52 Å². The van der Waals surface area contributed by atoms with E-state index in [1.54, 1.807) is 0 Å². The molecule has 0 saturated carbocycles.